The summed E-state index contributed by atoms with van der Waals surface area (Å²) in [5, 5.41) is 2.95. The van der Waals surface area contributed by atoms with Gasteiger partial charge in [-0.1, -0.05) is 31.4 Å². The monoisotopic (exact) mass is 402 g/mol. The molecule has 2 amide bonds. The standard InChI is InChI=1S/C23H34N2O4/c1-2-28-20-11-7-10-19-16-25(22(27)13-12-18-8-6-9-18)17-21(26)24-14-4-3-5-15-29-23(19)20/h7,10-11,18H,2-6,8-9,12-17H2,1H3,(H,24,26). The zero-order valence-corrected chi connectivity index (χ0v) is 17.6. The number of nitrogens with one attached hydrogen (secondary N) is 1. The molecular formula is C23H34N2O4. The highest BCUT2D eigenvalue weighted by Crippen LogP contribution is 2.33. The van der Waals surface area contributed by atoms with Gasteiger partial charge in [0.05, 0.1) is 19.8 Å². The molecule has 1 aliphatic heterocycles. The minimum atomic E-state index is -0.0929. The Morgan fingerprint density at radius 1 is 1.21 bits per heavy atom. The summed E-state index contributed by atoms with van der Waals surface area (Å²) < 4.78 is 11.9. The van der Waals surface area contributed by atoms with Gasteiger partial charge in [0, 0.05) is 25.1 Å². The first-order valence-corrected chi connectivity index (χ1v) is 11.1. The van der Waals surface area contributed by atoms with E-state index in [2.05, 4.69) is 5.32 Å². The minimum absolute atomic E-state index is 0.0367. The highest BCUT2D eigenvalue weighted by atomic mass is 16.5. The Bertz CT molecular complexity index is 687. The van der Waals surface area contributed by atoms with Crippen molar-refractivity contribution < 1.29 is 19.1 Å². The Balaban J connectivity index is 1.79. The van der Waals surface area contributed by atoms with Gasteiger partial charge in [-0.05, 0) is 44.6 Å². The topological polar surface area (TPSA) is 67.9 Å². The van der Waals surface area contributed by atoms with Crippen molar-refractivity contribution in [2.24, 2.45) is 5.92 Å². The average Bonchev–Trinajstić information content (AvgIpc) is 2.68. The summed E-state index contributed by atoms with van der Waals surface area (Å²) in [6.07, 6.45) is 7.94. The maximum atomic E-state index is 13.0. The fourth-order valence-electron chi connectivity index (χ4n) is 3.86. The number of ether oxygens (including phenoxy) is 2. The normalized spacial score (nSPS) is 18.8. The minimum Gasteiger partial charge on any atom is -0.490 e. The molecule has 6 heteroatoms. The Labute approximate surface area is 173 Å². The largest absolute Gasteiger partial charge is 0.490 e. The Morgan fingerprint density at radius 2 is 2.07 bits per heavy atom. The third kappa shape index (κ3) is 6.38. The van der Waals surface area contributed by atoms with Crippen LogP contribution in [0.4, 0.5) is 0 Å². The quantitative estimate of drug-likeness (QED) is 0.816. The third-order valence-corrected chi connectivity index (χ3v) is 5.79. The van der Waals surface area contributed by atoms with Gasteiger partial charge in [0.25, 0.3) is 0 Å². The van der Waals surface area contributed by atoms with Crippen LogP contribution >= 0.6 is 0 Å². The van der Waals surface area contributed by atoms with Gasteiger partial charge in [0.2, 0.25) is 11.8 Å². The summed E-state index contributed by atoms with van der Waals surface area (Å²) in [7, 11) is 0. The highest BCUT2D eigenvalue weighted by Gasteiger charge is 2.24. The molecule has 29 heavy (non-hydrogen) atoms. The van der Waals surface area contributed by atoms with Crippen molar-refractivity contribution in [2.75, 3.05) is 26.3 Å². The second-order valence-corrected chi connectivity index (χ2v) is 8.02. The number of hydrogen-bond acceptors (Lipinski definition) is 4. The van der Waals surface area contributed by atoms with Crippen LogP contribution in [0.15, 0.2) is 18.2 Å². The molecule has 2 aliphatic rings. The molecule has 1 saturated carbocycles. The predicted molar refractivity (Wildman–Crippen MR) is 112 cm³/mol. The number of rotatable bonds is 5. The molecule has 1 N–H and O–H groups in total. The molecule has 0 bridgehead atoms. The van der Waals surface area contributed by atoms with Gasteiger partial charge < -0.3 is 19.7 Å². The van der Waals surface area contributed by atoms with E-state index in [1.807, 2.05) is 25.1 Å². The van der Waals surface area contributed by atoms with Crippen molar-refractivity contribution in [1.29, 1.82) is 0 Å². The van der Waals surface area contributed by atoms with Gasteiger partial charge in [-0.15, -0.1) is 0 Å². The molecule has 1 aromatic rings. The molecule has 0 atom stereocenters. The Kier molecular flexibility index (Phi) is 8.20. The van der Waals surface area contributed by atoms with E-state index in [1.54, 1.807) is 4.90 Å². The van der Waals surface area contributed by atoms with E-state index in [0.29, 0.717) is 50.1 Å². The van der Waals surface area contributed by atoms with Crippen molar-refractivity contribution in [2.45, 2.75) is 64.8 Å². The van der Waals surface area contributed by atoms with E-state index in [4.69, 9.17) is 9.47 Å². The van der Waals surface area contributed by atoms with E-state index in [-0.39, 0.29) is 18.4 Å². The van der Waals surface area contributed by atoms with Gasteiger partial charge >= 0.3 is 0 Å². The summed E-state index contributed by atoms with van der Waals surface area (Å²) >= 11 is 0. The van der Waals surface area contributed by atoms with Crippen LogP contribution < -0.4 is 14.8 Å². The molecule has 1 aliphatic carbocycles. The lowest BCUT2D eigenvalue weighted by Crippen LogP contribution is -2.40. The van der Waals surface area contributed by atoms with Crippen LogP contribution in [0.25, 0.3) is 0 Å². The first-order valence-electron chi connectivity index (χ1n) is 11.1. The zero-order chi connectivity index (χ0) is 20.5. The fourth-order valence-corrected chi connectivity index (χ4v) is 3.86. The highest BCUT2D eigenvalue weighted by molar-refractivity contribution is 5.84. The number of amides is 2. The molecule has 1 heterocycles. The lowest BCUT2D eigenvalue weighted by Gasteiger charge is -2.28. The molecule has 6 nitrogen and oxygen atoms in total. The van der Waals surface area contributed by atoms with E-state index in [1.165, 1.54) is 19.3 Å². The van der Waals surface area contributed by atoms with Gasteiger partial charge in [-0.3, -0.25) is 9.59 Å². The maximum Gasteiger partial charge on any atom is 0.239 e. The average molecular weight is 403 g/mol. The van der Waals surface area contributed by atoms with Crippen LogP contribution in [-0.2, 0) is 16.1 Å². The molecule has 0 aromatic heterocycles. The Hall–Kier alpha value is -2.24. The van der Waals surface area contributed by atoms with E-state index in [9.17, 15) is 9.59 Å². The molecule has 0 saturated heterocycles. The summed E-state index contributed by atoms with van der Waals surface area (Å²) in [4.78, 5) is 27.1. The van der Waals surface area contributed by atoms with Gasteiger partial charge in [0.1, 0.15) is 0 Å². The number of para-hydroxylation sites is 1. The first kappa shape index (κ1) is 21.5. The van der Waals surface area contributed by atoms with Gasteiger partial charge in [-0.25, -0.2) is 0 Å². The van der Waals surface area contributed by atoms with Crippen LogP contribution in [0.1, 0.15) is 63.9 Å². The number of nitrogens with zero attached hydrogens (tertiary/aromatic N) is 1. The van der Waals surface area contributed by atoms with Crippen LogP contribution in [-0.4, -0.2) is 43.0 Å². The number of hydrogen-bond donors (Lipinski definition) is 1. The Morgan fingerprint density at radius 3 is 2.83 bits per heavy atom. The van der Waals surface area contributed by atoms with Crippen LogP contribution in [0.5, 0.6) is 11.5 Å². The molecule has 0 spiro atoms. The van der Waals surface area contributed by atoms with E-state index >= 15 is 0 Å². The van der Waals surface area contributed by atoms with Crippen LogP contribution in [0, 0.1) is 5.92 Å². The number of benzene rings is 1. The van der Waals surface area contributed by atoms with Crippen molar-refractivity contribution in [1.82, 2.24) is 10.2 Å². The summed E-state index contributed by atoms with van der Waals surface area (Å²) in [5.41, 5.74) is 0.889. The van der Waals surface area contributed by atoms with Crippen molar-refractivity contribution >= 4 is 11.8 Å². The molecular weight excluding hydrogens is 368 g/mol. The third-order valence-electron chi connectivity index (χ3n) is 5.79. The van der Waals surface area contributed by atoms with Crippen molar-refractivity contribution in [3.63, 3.8) is 0 Å². The number of carbonyl (C=O) groups excluding carboxylic acids is 2. The maximum absolute atomic E-state index is 13.0. The first-order chi connectivity index (χ1) is 14.2. The predicted octanol–water partition coefficient (Wildman–Crippen LogP) is 3.67. The van der Waals surface area contributed by atoms with E-state index in [0.717, 1.165) is 31.2 Å². The second kappa shape index (κ2) is 11.1. The number of carbonyl (C=O) groups is 2. The number of fused-ring (bicyclic) bond motifs is 1. The van der Waals surface area contributed by atoms with Crippen molar-refractivity contribution in [3.05, 3.63) is 23.8 Å². The molecule has 1 fully saturated rings. The molecule has 0 unspecified atom stereocenters. The van der Waals surface area contributed by atoms with E-state index < -0.39 is 0 Å². The smallest absolute Gasteiger partial charge is 0.239 e. The summed E-state index contributed by atoms with van der Waals surface area (Å²) in [5.74, 6) is 2.01. The second-order valence-electron chi connectivity index (χ2n) is 8.02. The molecule has 1 aromatic carbocycles. The van der Waals surface area contributed by atoms with Crippen molar-refractivity contribution in [3.8, 4) is 11.5 Å². The SMILES string of the molecule is CCOc1cccc2c1OCCCCCNC(=O)CN(C(=O)CCC1CCC1)C2. The molecule has 3 rings (SSSR count). The summed E-state index contributed by atoms with van der Waals surface area (Å²) in [6, 6.07) is 5.78. The van der Waals surface area contributed by atoms with Gasteiger partial charge in [0.15, 0.2) is 11.5 Å². The molecule has 0 radical (unpaired) electrons. The molecule has 160 valence electrons. The lowest BCUT2D eigenvalue weighted by molar-refractivity contribution is -0.137. The van der Waals surface area contributed by atoms with Crippen LogP contribution in [0.3, 0.4) is 0 Å². The fraction of sp³-hybridized carbons (Fsp3) is 0.652. The van der Waals surface area contributed by atoms with Gasteiger partial charge in [-0.2, -0.15) is 0 Å². The van der Waals surface area contributed by atoms with Crippen LogP contribution in [0.2, 0.25) is 0 Å². The zero-order valence-electron chi connectivity index (χ0n) is 17.6. The summed E-state index contributed by atoms with van der Waals surface area (Å²) in [6.45, 7) is 4.17. The lowest BCUT2D eigenvalue weighted by atomic mass is 9.82.